The van der Waals surface area contributed by atoms with Crippen LogP contribution in [0.5, 0.6) is 0 Å². The molecule has 1 N–H and O–H groups in total. The van der Waals surface area contributed by atoms with Crippen LogP contribution in [-0.4, -0.2) is 46.5 Å². The molecule has 1 aromatic carbocycles. The molecule has 0 unspecified atom stereocenters. The normalized spacial score (nSPS) is 22.5. The van der Waals surface area contributed by atoms with E-state index in [1.54, 1.807) is 4.90 Å². The Kier molecular flexibility index (Phi) is 4.35. The average molecular weight is 394 g/mol. The molecule has 10 heteroatoms. The standard InChI is InChI=1S/C18H17F3N4O3/c19-18(20,21)16-23-14(24-28-16)11-2-4-12(5-3-11)15(27)25-7-1-6-17(10-25)8-13(26)22-9-17/h2-5H,1,6-10H2,(H,22,26)/t17-/m0/s1. The van der Waals surface area contributed by atoms with Crippen molar-refractivity contribution in [3.63, 3.8) is 0 Å². The van der Waals surface area contributed by atoms with Gasteiger partial charge in [0, 0.05) is 42.6 Å². The average Bonchev–Trinajstić information content (AvgIpc) is 3.29. The minimum Gasteiger partial charge on any atom is -0.355 e. The lowest BCUT2D eigenvalue weighted by Gasteiger charge is -2.39. The predicted molar refractivity (Wildman–Crippen MR) is 89.9 cm³/mol. The number of nitrogens with one attached hydrogen (secondary N) is 1. The molecule has 3 heterocycles. The zero-order chi connectivity index (χ0) is 19.9. The maximum Gasteiger partial charge on any atom is 0.471 e. The maximum atomic E-state index is 12.8. The van der Waals surface area contributed by atoms with E-state index in [0.717, 1.165) is 12.8 Å². The smallest absolute Gasteiger partial charge is 0.355 e. The van der Waals surface area contributed by atoms with Crippen LogP contribution in [0.15, 0.2) is 28.8 Å². The fourth-order valence-corrected chi connectivity index (χ4v) is 3.82. The Morgan fingerprint density at radius 3 is 2.61 bits per heavy atom. The van der Waals surface area contributed by atoms with E-state index in [-0.39, 0.29) is 23.1 Å². The van der Waals surface area contributed by atoms with Crippen LogP contribution >= 0.6 is 0 Å². The SMILES string of the molecule is O=C1C[C@@]2(CCCN(C(=O)c3ccc(-c4noc(C(F)(F)F)n4)cc3)C2)CN1. The number of halogens is 3. The summed E-state index contributed by atoms with van der Waals surface area (Å²) in [4.78, 5) is 29.5. The molecule has 0 bridgehead atoms. The number of rotatable bonds is 2. The molecular weight excluding hydrogens is 377 g/mol. The number of hydrogen-bond donors (Lipinski definition) is 1. The molecule has 2 aromatic rings. The van der Waals surface area contributed by atoms with Gasteiger partial charge in [0.1, 0.15) is 0 Å². The van der Waals surface area contributed by atoms with Crippen molar-refractivity contribution in [2.24, 2.45) is 5.41 Å². The number of carbonyl (C=O) groups is 2. The molecule has 4 rings (SSSR count). The molecule has 1 atom stereocenters. The zero-order valence-electron chi connectivity index (χ0n) is 14.8. The molecule has 0 radical (unpaired) electrons. The highest BCUT2D eigenvalue weighted by molar-refractivity contribution is 5.94. The first-order valence-electron chi connectivity index (χ1n) is 8.83. The topological polar surface area (TPSA) is 88.3 Å². The molecule has 0 aliphatic carbocycles. The highest BCUT2D eigenvalue weighted by Gasteiger charge is 2.43. The van der Waals surface area contributed by atoms with Gasteiger partial charge < -0.3 is 14.7 Å². The maximum absolute atomic E-state index is 12.8. The van der Waals surface area contributed by atoms with E-state index in [0.29, 0.717) is 37.2 Å². The summed E-state index contributed by atoms with van der Waals surface area (Å²) in [5, 5.41) is 6.17. The van der Waals surface area contributed by atoms with E-state index in [4.69, 9.17) is 0 Å². The summed E-state index contributed by atoms with van der Waals surface area (Å²) in [6.07, 6.45) is -2.56. The van der Waals surface area contributed by atoms with Gasteiger partial charge in [-0.1, -0.05) is 17.3 Å². The van der Waals surface area contributed by atoms with Crippen molar-refractivity contribution < 1.29 is 27.3 Å². The van der Waals surface area contributed by atoms with Gasteiger partial charge >= 0.3 is 12.1 Å². The van der Waals surface area contributed by atoms with Crippen LogP contribution in [0.4, 0.5) is 13.2 Å². The number of likely N-dealkylation sites (tertiary alicyclic amines) is 1. The summed E-state index contributed by atoms with van der Waals surface area (Å²) in [6, 6.07) is 6.03. The molecule has 2 fully saturated rings. The summed E-state index contributed by atoms with van der Waals surface area (Å²) in [7, 11) is 0. The predicted octanol–water partition coefficient (Wildman–Crippen LogP) is 2.50. The third-order valence-corrected chi connectivity index (χ3v) is 5.20. The molecule has 148 valence electrons. The molecule has 2 amide bonds. The molecule has 2 saturated heterocycles. The number of benzene rings is 1. The highest BCUT2D eigenvalue weighted by Crippen LogP contribution is 2.36. The van der Waals surface area contributed by atoms with Crippen molar-refractivity contribution in [3.8, 4) is 11.4 Å². The molecule has 0 saturated carbocycles. The zero-order valence-corrected chi connectivity index (χ0v) is 14.8. The third kappa shape index (κ3) is 3.46. The van der Waals surface area contributed by atoms with Gasteiger partial charge in [-0.2, -0.15) is 18.2 Å². The number of amides is 2. The minimum absolute atomic E-state index is 0.0111. The Hall–Kier alpha value is -2.91. The van der Waals surface area contributed by atoms with Crippen molar-refractivity contribution in [2.45, 2.75) is 25.4 Å². The van der Waals surface area contributed by atoms with Crippen LogP contribution in [-0.2, 0) is 11.0 Å². The summed E-state index contributed by atoms with van der Waals surface area (Å²) in [5.41, 5.74) is 0.526. The van der Waals surface area contributed by atoms with Crippen molar-refractivity contribution in [3.05, 3.63) is 35.7 Å². The molecule has 1 aromatic heterocycles. The summed E-state index contributed by atoms with van der Waals surface area (Å²) in [5.74, 6) is -1.77. The number of aromatic nitrogens is 2. The van der Waals surface area contributed by atoms with Gasteiger partial charge in [0.2, 0.25) is 11.7 Å². The Morgan fingerprint density at radius 1 is 1.25 bits per heavy atom. The first-order chi connectivity index (χ1) is 13.3. The second-order valence-corrected chi connectivity index (χ2v) is 7.28. The third-order valence-electron chi connectivity index (χ3n) is 5.20. The Labute approximate surface area is 157 Å². The number of hydrogen-bond acceptors (Lipinski definition) is 5. The van der Waals surface area contributed by atoms with Crippen molar-refractivity contribution >= 4 is 11.8 Å². The van der Waals surface area contributed by atoms with E-state index >= 15 is 0 Å². The lowest BCUT2D eigenvalue weighted by molar-refractivity contribution is -0.159. The van der Waals surface area contributed by atoms with Gasteiger partial charge in [0.25, 0.3) is 5.91 Å². The molecule has 2 aliphatic heterocycles. The van der Waals surface area contributed by atoms with Crippen molar-refractivity contribution in [2.75, 3.05) is 19.6 Å². The van der Waals surface area contributed by atoms with E-state index in [9.17, 15) is 22.8 Å². The summed E-state index contributed by atoms with van der Waals surface area (Å²) >= 11 is 0. The van der Waals surface area contributed by atoms with E-state index in [1.807, 2.05) is 0 Å². The van der Waals surface area contributed by atoms with Crippen LogP contribution in [0, 0.1) is 5.41 Å². The van der Waals surface area contributed by atoms with Crippen LogP contribution in [0.25, 0.3) is 11.4 Å². The van der Waals surface area contributed by atoms with Gasteiger partial charge in [-0.15, -0.1) is 0 Å². The molecule has 1 spiro atoms. The first-order valence-corrected chi connectivity index (χ1v) is 8.83. The summed E-state index contributed by atoms with van der Waals surface area (Å²) < 4.78 is 41.9. The van der Waals surface area contributed by atoms with Crippen LogP contribution < -0.4 is 5.32 Å². The highest BCUT2D eigenvalue weighted by atomic mass is 19.4. The first kappa shape index (κ1) is 18.5. The van der Waals surface area contributed by atoms with Gasteiger partial charge in [-0.25, -0.2) is 0 Å². The second-order valence-electron chi connectivity index (χ2n) is 7.28. The number of alkyl halides is 3. The Morgan fingerprint density at radius 2 is 2.00 bits per heavy atom. The van der Waals surface area contributed by atoms with Gasteiger partial charge in [-0.3, -0.25) is 9.59 Å². The van der Waals surface area contributed by atoms with Crippen LogP contribution in [0.3, 0.4) is 0 Å². The number of nitrogens with zero attached hydrogens (tertiary/aromatic N) is 3. The molecule has 7 nitrogen and oxygen atoms in total. The Balaban J connectivity index is 1.48. The minimum atomic E-state index is -4.71. The van der Waals surface area contributed by atoms with Gasteiger partial charge in [-0.05, 0) is 25.0 Å². The molecular formula is C18H17F3N4O3. The molecule has 2 aliphatic rings. The van der Waals surface area contributed by atoms with E-state index in [2.05, 4.69) is 20.0 Å². The van der Waals surface area contributed by atoms with Crippen LogP contribution in [0.2, 0.25) is 0 Å². The second kappa shape index (κ2) is 6.61. The fourth-order valence-electron chi connectivity index (χ4n) is 3.82. The number of piperidine rings is 1. The largest absolute Gasteiger partial charge is 0.471 e. The van der Waals surface area contributed by atoms with Crippen molar-refractivity contribution in [1.29, 1.82) is 0 Å². The summed E-state index contributed by atoms with van der Waals surface area (Å²) in [6.45, 7) is 1.69. The quantitative estimate of drug-likeness (QED) is 0.846. The lowest BCUT2D eigenvalue weighted by atomic mass is 9.79. The fraction of sp³-hybridized carbons (Fsp3) is 0.444. The monoisotopic (exact) mass is 394 g/mol. The van der Waals surface area contributed by atoms with Gasteiger partial charge in [0.05, 0.1) is 0 Å². The van der Waals surface area contributed by atoms with E-state index < -0.39 is 12.1 Å². The lowest BCUT2D eigenvalue weighted by Crippen LogP contribution is -2.47. The number of carbonyl (C=O) groups excluding carboxylic acids is 2. The Bertz CT molecular complexity index is 910. The molecule has 28 heavy (non-hydrogen) atoms. The van der Waals surface area contributed by atoms with Gasteiger partial charge in [0.15, 0.2) is 0 Å². The van der Waals surface area contributed by atoms with Crippen molar-refractivity contribution in [1.82, 2.24) is 20.4 Å². The van der Waals surface area contributed by atoms with E-state index in [1.165, 1.54) is 24.3 Å². The van der Waals surface area contributed by atoms with Crippen LogP contribution in [0.1, 0.15) is 35.5 Å².